The summed E-state index contributed by atoms with van der Waals surface area (Å²) in [6.07, 6.45) is 0.578. The third-order valence-corrected chi connectivity index (χ3v) is 3.05. The lowest BCUT2D eigenvalue weighted by molar-refractivity contribution is 0.112. The van der Waals surface area contributed by atoms with E-state index >= 15 is 0 Å². The van der Waals surface area contributed by atoms with E-state index in [9.17, 15) is 13.6 Å². The van der Waals surface area contributed by atoms with Crippen LogP contribution in [0, 0.1) is 18.6 Å². The highest BCUT2D eigenvalue weighted by Gasteiger charge is 2.13. The first-order valence-electron chi connectivity index (χ1n) is 5.24. The Balaban J connectivity index is 2.62. The lowest BCUT2D eigenvalue weighted by Crippen LogP contribution is -1.94. The van der Waals surface area contributed by atoms with Crippen molar-refractivity contribution in [2.24, 2.45) is 0 Å². The summed E-state index contributed by atoms with van der Waals surface area (Å²) in [7, 11) is 0. The fourth-order valence-corrected chi connectivity index (χ4v) is 1.83. The summed E-state index contributed by atoms with van der Waals surface area (Å²) >= 11 is 5.78. The van der Waals surface area contributed by atoms with E-state index in [0.717, 1.165) is 0 Å². The highest BCUT2D eigenvalue weighted by molar-refractivity contribution is 6.33. The maximum absolute atomic E-state index is 13.8. The van der Waals surface area contributed by atoms with Crippen LogP contribution in [0.5, 0.6) is 0 Å². The normalized spacial score (nSPS) is 10.4. The third kappa shape index (κ3) is 2.14. The van der Waals surface area contributed by atoms with E-state index < -0.39 is 11.6 Å². The van der Waals surface area contributed by atoms with Crippen LogP contribution in [-0.4, -0.2) is 6.29 Å². The van der Waals surface area contributed by atoms with Gasteiger partial charge in [0.25, 0.3) is 0 Å². The van der Waals surface area contributed by atoms with Crippen molar-refractivity contribution in [3.8, 4) is 11.1 Å². The molecule has 2 aromatic carbocycles. The van der Waals surface area contributed by atoms with Gasteiger partial charge in [-0.2, -0.15) is 0 Å². The summed E-state index contributed by atoms with van der Waals surface area (Å²) in [5, 5.41) is 0.279. The molecule has 2 aromatic rings. The third-order valence-electron chi connectivity index (χ3n) is 2.71. The van der Waals surface area contributed by atoms with E-state index in [4.69, 9.17) is 11.6 Å². The van der Waals surface area contributed by atoms with E-state index in [1.165, 1.54) is 31.2 Å². The Hall–Kier alpha value is -1.74. The molecule has 92 valence electrons. The SMILES string of the molecule is Cc1ccc(-c2ccc(Cl)c(C=O)c2)c(F)c1F. The van der Waals surface area contributed by atoms with Gasteiger partial charge in [-0.1, -0.05) is 29.8 Å². The zero-order chi connectivity index (χ0) is 13.3. The van der Waals surface area contributed by atoms with Crippen molar-refractivity contribution in [2.45, 2.75) is 6.92 Å². The van der Waals surface area contributed by atoms with Crippen LogP contribution in [0.2, 0.25) is 5.02 Å². The molecule has 0 atom stereocenters. The Morgan fingerprint density at radius 2 is 1.83 bits per heavy atom. The van der Waals surface area contributed by atoms with Crippen molar-refractivity contribution < 1.29 is 13.6 Å². The molecular formula is C14H9ClF2O. The van der Waals surface area contributed by atoms with E-state index in [0.29, 0.717) is 11.8 Å². The molecule has 0 bridgehead atoms. The molecule has 0 N–H and O–H groups in total. The first-order chi connectivity index (χ1) is 8.54. The van der Waals surface area contributed by atoms with Crippen LogP contribution in [0.4, 0.5) is 8.78 Å². The maximum Gasteiger partial charge on any atom is 0.166 e. The highest BCUT2D eigenvalue weighted by Crippen LogP contribution is 2.28. The molecule has 0 aliphatic carbocycles. The quantitative estimate of drug-likeness (QED) is 0.736. The summed E-state index contributed by atoms with van der Waals surface area (Å²) in [5.41, 5.74) is 1.01. The van der Waals surface area contributed by atoms with Gasteiger partial charge in [0.2, 0.25) is 0 Å². The second kappa shape index (κ2) is 4.86. The molecule has 18 heavy (non-hydrogen) atoms. The average molecular weight is 267 g/mol. The van der Waals surface area contributed by atoms with Crippen molar-refractivity contribution in [1.29, 1.82) is 0 Å². The molecule has 0 radical (unpaired) electrons. The topological polar surface area (TPSA) is 17.1 Å². The van der Waals surface area contributed by atoms with Gasteiger partial charge < -0.3 is 0 Å². The van der Waals surface area contributed by atoms with Gasteiger partial charge >= 0.3 is 0 Å². The minimum atomic E-state index is -0.922. The smallest absolute Gasteiger partial charge is 0.166 e. The monoisotopic (exact) mass is 266 g/mol. The van der Waals surface area contributed by atoms with Gasteiger partial charge in [0.1, 0.15) is 0 Å². The molecule has 4 heteroatoms. The molecule has 0 spiro atoms. The molecule has 2 rings (SSSR count). The number of aldehydes is 1. The van der Waals surface area contributed by atoms with Crippen molar-refractivity contribution in [2.75, 3.05) is 0 Å². The number of rotatable bonds is 2. The van der Waals surface area contributed by atoms with E-state index in [-0.39, 0.29) is 21.7 Å². The minimum absolute atomic E-state index is 0.109. The zero-order valence-electron chi connectivity index (χ0n) is 9.51. The minimum Gasteiger partial charge on any atom is -0.298 e. The number of hydrogen-bond acceptors (Lipinski definition) is 1. The van der Waals surface area contributed by atoms with Gasteiger partial charge in [0, 0.05) is 11.1 Å². The van der Waals surface area contributed by atoms with Crippen molar-refractivity contribution in [1.82, 2.24) is 0 Å². The number of carbonyl (C=O) groups is 1. The number of carbonyl (C=O) groups excluding carboxylic acids is 1. The second-order valence-electron chi connectivity index (χ2n) is 3.91. The summed E-state index contributed by atoms with van der Waals surface area (Å²) in [6.45, 7) is 1.49. The summed E-state index contributed by atoms with van der Waals surface area (Å²) in [4.78, 5) is 10.8. The predicted molar refractivity (Wildman–Crippen MR) is 66.9 cm³/mol. The van der Waals surface area contributed by atoms with Crippen molar-refractivity contribution in [3.05, 3.63) is 58.1 Å². The van der Waals surface area contributed by atoms with Crippen LogP contribution in [0.25, 0.3) is 11.1 Å². The Morgan fingerprint density at radius 1 is 1.11 bits per heavy atom. The van der Waals surface area contributed by atoms with Crippen molar-refractivity contribution >= 4 is 17.9 Å². The first kappa shape index (κ1) is 12.7. The molecule has 0 unspecified atom stereocenters. The largest absolute Gasteiger partial charge is 0.298 e. The lowest BCUT2D eigenvalue weighted by atomic mass is 10.0. The summed E-state index contributed by atoms with van der Waals surface area (Å²) in [5.74, 6) is -1.80. The first-order valence-corrected chi connectivity index (χ1v) is 5.62. The molecule has 0 aromatic heterocycles. The van der Waals surface area contributed by atoms with Crippen LogP contribution < -0.4 is 0 Å². The number of hydrogen-bond donors (Lipinski definition) is 0. The zero-order valence-corrected chi connectivity index (χ0v) is 10.3. The van der Waals surface area contributed by atoms with E-state index in [1.54, 1.807) is 6.07 Å². The van der Waals surface area contributed by atoms with Gasteiger partial charge in [-0.05, 0) is 30.2 Å². The van der Waals surface area contributed by atoms with Gasteiger partial charge in [0.05, 0.1) is 5.02 Å². The van der Waals surface area contributed by atoms with Gasteiger partial charge in [-0.25, -0.2) is 8.78 Å². The average Bonchev–Trinajstić information content (AvgIpc) is 2.37. The fraction of sp³-hybridized carbons (Fsp3) is 0.0714. The van der Waals surface area contributed by atoms with Crippen LogP contribution in [0.1, 0.15) is 15.9 Å². The predicted octanol–water partition coefficient (Wildman–Crippen LogP) is 4.41. The highest BCUT2D eigenvalue weighted by atomic mass is 35.5. The van der Waals surface area contributed by atoms with Crippen LogP contribution >= 0.6 is 11.6 Å². The molecule has 0 saturated heterocycles. The second-order valence-corrected chi connectivity index (χ2v) is 4.32. The number of benzene rings is 2. The Kier molecular flexibility index (Phi) is 3.43. The standard InChI is InChI=1S/C14H9ClF2O/c1-8-2-4-11(14(17)13(8)16)9-3-5-12(15)10(6-9)7-18/h2-7H,1H3. The van der Waals surface area contributed by atoms with E-state index in [1.807, 2.05) is 0 Å². The maximum atomic E-state index is 13.8. The molecule has 0 aliphatic heterocycles. The fourth-order valence-electron chi connectivity index (χ4n) is 1.67. The van der Waals surface area contributed by atoms with Crippen LogP contribution in [0.3, 0.4) is 0 Å². The molecule has 0 heterocycles. The molecule has 0 aliphatic rings. The van der Waals surface area contributed by atoms with Crippen molar-refractivity contribution in [3.63, 3.8) is 0 Å². The Morgan fingerprint density at radius 3 is 2.50 bits per heavy atom. The van der Waals surface area contributed by atoms with Crippen LogP contribution in [0.15, 0.2) is 30.3 Å². The summed E-state index contributed by atoms with van der Waals surface area (Å²) in [6, 6.07) is 7.43. The number of halogens is 3. The number of aryl methyl sites for hydroxylation is 1. The Bertz CT molecular complexity index is 623. The lowest BCUT2D eigenvalue weighted by Gasteiger charge is -2.07. The summed E-state index contributed by atoms with van der Waals surface area (Å²) < 4.78 is 27.3. The molecule has 0 fully saturated rings. The molecule has 0 amide bonds. The van der Waals surface area contributed by atoms with Crippen LogP contribution in [-0.2, 0) is 0 Å². The molecule has 0 saturated carbocycles. The van der Waals surface area contributed by atoms with Gasteiger partial charge in [-0.15, -0.1) is 0 Å². The molecule has 1 nitrogen and oxygen atoms in total. The van der Waals surface area contributed by atoms with E-state index in [2.05, 4.69) is 0 Å². The molecular weight excluding hydrogens is 258 g/mol. The Labute approximate surface area is 108 Å². The van der Waals surface area contributed by atoms with Gasteiger partial charge in [0.15, 0.2) is 17.9 Å². The van der Waals surface area contributed by atoms with Gasteiger partial charge in [-0.3, -0.25) is 4.79 Å².